The van der Waals surface area contributed by atoms with Gasteiger partial charge in [-0.1, -0.05) is 24.3 Å². The van der Waals surface area contributed by atoms with Crippen LogP contribution in [0.25, 0.3) is 0 Å². The van der Waals surface area contributed by atoms with Crippen LogP contribution in [0, 0.1) is 10.1 Å². The molecule has 7 nitrogen and oxygen atoms in total. The number of non-ortho nitro benzene ring substituents is 1. The van der Waals surface area contributed by atoms with E-state index >= 15 is 0 Å². The highest BCUT2D eigenvalue weighted by atomic mass is 16.6. The molecule has 2 rings (SSSR count). The number of ketones is 1. The summed E-state index contributed by atoms with van der Waals surface area (Å²) >= 11 is 0. The third-order valence-corrected chi connectivity index (χ3v) is 3.31. The van der Waals surface area contributed by atoms with Crippen molar-refractivity contribution in [1.29, 1.82) is 0 Å². The summed E-state index contributed by atoms with van der Waals surface area (Å²) in [4.78, 5) is 32.9. The zero-order valence-corrected chi connectivity index (χ0v) is 13.0. The Morgan fingerprint density at radius 3 is 2.17 bits per heavy atom. The molecule has 124 valence electrons. The Hall–Kier alpha value is -3.22. The predicted molar refractivity (Wildman–Crippen MR) is 86.6 cm³/mol. The van der Waals surface area contributed by atoms with E-state index in [9.17, 15) is 19.7 Å². The van der Waals surface area contributed by atoms with Gasteiger partial charge in [-0.15, -0.1) is 0 Å². The lowest BCUT2D eigenvalue weighted by atomic mass is 10.1. The van der Waals surface area contributed by atoms with Crippen LogP contribution in [0.1, 0.15) is 28.4 Å². The SMILES string of the molecule is CC(=O)c1ccc(CNC(=O)OCc2ccc([N+](=O)[O-])cc2)cc1. The maximum atomic E-state index is 11.6. The largest absolute Gasteiger partial charge is 0.445 e. The normalized spacial score (nSPS) is 10.0. The molecule has 0 heterocycles. The van der Waals surface area contributed by atoms with Crippen LogP contribution < -0.4 is 5.32 Å². The summed E-state index contributed by atoms with van der Waals surface area (Å²) in [5.41, 5.74) is 2.09. The highest BCUT2D eigenvalue weighted by Gasteiger charge is 2.06. The van der Waals surface area contributed by atoms with Crippen LogP contribution in [0.2, 0.25) is 0 Å². The minimum Gasteiger partial charge on any atom is -0.445 e. The fraction of sp³-hybridized carbons (Fsp3) is 0.176. The van der Waals surface area contributed by atoms with E-state index in [1.807, 2.05) is 0 Å². The number of nitro groups is 1. The molecule has 0 spiro atoms. The minimum absolute atomic E-state index is 0.0165. The van der Waals surface area contributed by atoms with E-state index in [4.69, 9.17) is 4.74 Å². The molecule has 0 aliphatic rings. The van der Waals surface area contributed by atoms with Crippen molar-refractivity contribution in [1.82, 2.24) is 5.32 Å². The maximum absolute atomic E-state index is 11.6. The third-order valence-electron chi connectivity index (χ3n) is 3.31. The average molecular weight is 328 g/mol. The van der Waals surface area contributed by atoms with Gasteiger partial charge in [-0.2, -0.15) is 0 Å². The van der Waals surface area contributed by atoms with Gasteiger partial charge in [0.05, 0.1) is 4.92 Å². The van der Waals surface area contributed by atoms with Crippen LogP contribution in [0.3, 0.4) is 0 Å². The monoisotopic (exact) mass is 328 g/mol. The van der Waals surface area contributed by atoms with Gasteiger partial charge in [0.15, 0.2) is 5.78 Å². The topological polar surface area (TPSA) is 98.5 Å². The van der Waals surface area contributed by atoms with Crippen LogP contribution >= 0.6 is 0 Å². The number of ether oxygens (including phenoxy) is 1. The molecule has 0 aromatic heterocycles. The van der Waals surface area contributed by atoms with Crippen LogP contribution in [0.5, 0.6) is 0 Å². The van der Waals surface area contributed by atoms with E-state index in [0.717, 1.165) is 5.56 Å². The van der Waals surface area contributed by atoms with E-state index in [1.165, 1.54) is 31.2 Å². The van der Waals surface area contributed by atoms with Crippen LogP contribution in [-0.4, -0.2) is 16.8 Å². The molecule has 2 aromatic rings. The molecule has 0 aliphatic carbocycles. The number of hydrogen-bond donors (Lipinski definition) is 1. The molecular formula is C17H16N2O5. The molecule has 2 aromatic carbocycles. The molecule has 0 fully saturated rings. The van der Waals surface area contributed by atoms with Gasteiger partial charge in [0.2, 0.25) is 0 Å². The second-order valence-corrected chi connectivity index (χ2v) is 5.11. The molecule has 7 heteroatoms. The summed E-state index contributed by atoms with van der Waals surface area (Å²) in [7, 11) is 0. The third kappa shape index (κ3) is 4.91. The Labute approximate surface area is 138 Å². The standard InChI is InChI=1S/C17H16N2O5/c1-12(20)15-6-2-13(3-7-15)10-18-17(21)24-11-14-4-8-16(9-5-14)19(22)23/h2-9H,10-11H2,1H3,(H,18,21). The van der Waals surface area contributed by atoms with Gasteiger partial charge in [0, 0.05) is 24.2 Å². The molecule has 0 atom stereocenters. The fourth-order valence-electron chi connectivity index (χ4n) is 1.95. The molecule has 0 unspecified atom stereocenters. The van der Waals surface area contributed by atoms with E-state index in [2.05, 4.69) is 5.32 Å². The smallest absolute Gasteiger partial charge is 0.407 e. The zero-order chi connectivity index (χ0) is 17.5. The fourth-order valence-corrected chi connectivity index (χ4v) is 1.95. The molecular weight excluding hydrogens is 312 g/mol. The minimum atomic E-state index is -0.594. The molecule has 0 aliphatic heterocycles. The van der Waals surface area contributed by atoms with Gasteiger partial charge in [-0.05, 0) is 30.2 Å². The number of nitro benzene ring substituents is 1. The van der Waals surface area contributed by atoms with Gasteiger partial charge >= 0.3 is 6.09 Å². The van der Waals surface area contributed by atoms with E-state index < -0.39 is 11.0 Å². The number of alkyl carbamates (subject to hydrolysis) is 1. The lowest BCUT2D eigenvalue weighted by molar-refractivity contribution is -0.384. The van der Waals surface area contributed by atoms with Crippen LogP contribution in [0.4, 0.5) is 10.5 Å². The van der Waals surface area contributed by atoms with Crippen molar-refractivity contribution in [3.05, 3.63) is 75.3 Å². The van der Waals surface area contributed by atoms with Crippen LogP contribution in [0.15, 0.2) is 48.5 Å². The Balaban J connectivity index is 1.78. The van der Waals surface area contributed by atoms with Crippen molar-refractivity contribution in [2.75, 3.05) is 0 Å². The summed E-state index contributed by atoms with van der Waals surface area (Å²) in [5, 5.41) is 13.1. The Morgan fingerprint density at radius 1 is 1.04 bits per heavy atom. The first kappa shape index (κ1) is 17.1. The number of carbonyl (C=O) groups is 2. The van der Waals surface area contributed by atoms with Gasteiger partial charge in [0.1, 0.15) is 6.61 Å². The van der Waals surface area contributed by atoms with Gasteiger partial charge in [-0.3, -0.25) is 14.9 Å². The van der Waals surface area contributed by atoms with E-state index in [0.29, 0.717) is 11.1 Å². The molecule has 0 saturated carbocycles. The van der Waals surface area contributed by atoms with Gasteiger partial charge in [-0.25, -0.2) is 4.79 Å². The van der Waals surface area contributed by atoms with Crippen molar-refractivity contribution in [3.8, 4) is 0 Å². The Bertz CT molecular complexity index is 675. The average Bonchev–Trinajstić information content (AvgIpc) is 2.58. The quantitative estimate of drug-likeness (QED) is 0.498. The molecule has 0 bridgehead atoms. The number of amides is 1. The number of nitrogens with zero attached hydrogens (tertiary/aromatic N) is 1. The highest BCUT2D eigenvalue weighted by molar-refractivity contribution is 5.94. The van der Waals surface area contributed by atoms with Crippen molar-refractivity contribution in [3.63, 3.8) is 0 Å². The van der Waals surface area contributed by atoms with E-state index in [-0.39, 0.29) is 24.6 Å². The van der Waals surface area contributed by atoms with Crippen molar-refractivity contribution < 1.29 is 19.2 Å². The molecule has 1 N–H and O–H groups in total. The summed E-state index contributed by atoms with van der Waals surface area (Å²) in [6, 6.07) is 12.7. The lowest BCUT2D eigenvalue weighted by Gasteiger charge is -2.07. The molecule has 24 heavy (non-hydrogen) atoms. The van der Waals surface area contributed by atoms with Gasteiger partial charge < -0.3 is 10.1 Å². The van der Waals surface area contributed by atoms with Crippen molar-refractivity contribution in [2.45, 2.75) is 20.1 Å². The number of carbonyl (C=O) groups excluding carboxylic acids is 2. The second-order valence-electron chi connectivity index (χ2n) is 5.11. The highest BCUT2D eigenvalue weighted by Crippen LogP contribution is 2.12. The summed E-state index contributed by atoms with van der Waals surface area (Å²) in [6.07, 6.45) is -0.594. The van der Waals surface area contributed by atoms with Gasteiger partial charge in [0.25, 0.3) is 5.69 Å². The first-order chi connectivity index (χ1) is 11.5. The van der Waals surface area contributed by atoms with Crippen molar-refractivity contribution in [2.24, 2.45) is 0 Å². The summed E-state index contributed by atoms with van der Waals surface area (Å²) in [6.45, 7) is 1.78. The number of nitrogens with one attached hydrogen (secondary N) is 1. The number of benzene rings is 2. The zero-order valence-electron chi connectivity index (χ0n) is 13.0. The molecule has 0 radical (unpaired) electrons. The number of Topliss-reactive ketones (excluding diaryl/α,β-unsaturated/α-hetero) is 1. The Kier molecular flexibility index (Phi) is 5.62. The summed E-state index contributed by atoms with van der Waals surface area (Å²) < 4.78 is 5.04. The van der Waals surface area contributed by atoms with Crippen molar-refractivity contribution >= 4 is 17.6 Å². The number of hydrogen-bond acceptors (Lipinski definition) is 5. The Morgan fingerprint density at radius 2 is 1.62 bits per heavy atom. The first-order valence-electron chi connectivity index (χ1n) is 7.19. The lowest BCUT2D eigenvalue weighted by Crippen LogP contribution is -2.23. The van der Waals surface area contributed by atoms with E-state index in [1.54, 1.807) is 24.3 Å². The number of rotatable bonds is 6. The first-order valence-corrected chi connectivity index (χ1v) is 7.19. The van der Waals surface area contributed by atoms with Crippen LogP contribution in [-0.2, 0) is 17.9 Å². The summed E-state index contributed by atoms with van der Waals surface area (Å²) in [5.74, 6) is -0.0167. The maximum Gasteiger partial charge on any atom is 0.407 e. The second kappa shape index (κ2) is 7.87. The predicted octanol–water partition coefficient (Wildman–Crippen LogP) is 3.22. The molecule has 1 amide bonds. The molecule has 0 saturated heterocycles.